The molecule has 1 heterocycles. The van der Waals surface area contributed by atoms with Gasteiger partial charge in [-0.2, -0.15) is 0 Å². The van der Waals surface area contributed by atoms with Gasteiger partial charge in [-0.25, -0.2) is 0 Å². The number of hydrogen-bond donors (Lipinski definition) is 2. The monoisotopic (exact) mass is 320 g/mol. The van der Waals surface area contributed by atoms with Gasteiger partial charge in [-0.1, -0.05) is 13.8 Å². The van der Waals surface area contributed by atoms with Crippen molar-refractivity contribution in [2.75, 3.05) is 11.9 Å². The third-order valence-corrected chi connectivity index (χ3v) is 5.62. The minimum absolute atomic E-state index is 0.129. The summed E-state index contributed by atoms with van der Waals surface area (Å²) in [6.07, 6.45) is 3.01. The van der Waals surface area contributed by atoms with Gasteiger partial charge in [0.15, 0.2) is 0 Å². The van der Waals surface area contributed by atoms with Crippen LogP contribution in [0.5, 0.6) is 0 Å². The maximum Gasteiger partial charge on any atom is 0.227 e. The number of anilines is 1. The zero-order valence-corrected chi connectivity index (χ0v) is 14.9. The molecule has 3 nitrogen and oxygen atoms in total. The average molecular weight is 321 g/mol. The third kappa shape index (κ3) is 4.75. The maximum absolute atomic E-state index is 12.4. The topological polar surface area (TPSA) is 41.1 Å². The summed E-state index contributed by atoms with van der Waals surface area (Å²) in [7, 11) is 0. The SMILES string of the molecule is CCC(C)Sc1ccc(NC(=O)[C@H]2CCN[C@@H](C)C2)c(C)c1. The van der Waals surface area contributed by atoms with Crippen LogP contribution in [0.15, 0.2) is 23.1 Å². The van der Waals surface area contributed by atoms with Crippen molar-refractivity contribution in [3.8, 4) is 0 Å². The van der Waals surface area contributed by atoms with Crippen LogP contribution in [0.25, 0.3) is 0 Å². The van der Waals surface area contributed by atoms with E-state index >= 15 is 0 Å². The van der Waals surface area contributed by atoms with Crippen LogP contribution in [0.3, 0.4) is 0 Å². The number of aryl methyl sites for hydroxylation is 1. The summed E-state index contributed by atoms with van der Waals surface area (Å²) in [5, 5.41) is 7.13. The molecule has 1 aliphatic heterocycles. The molecule has 0 aromatic heterocycles. The van der Waals surface area contributed by atoms with Crippen molar-refractivity contribution in [3.05, 3.63) is 23.8 Å². The van der Waals surface area contributed by atoms with Crippen molar-refractivity contribution in [1.82, 2.24) is 5.32 Å². The molecule has 2 rings (SSSR count). The van der Waals surface area contributed by atoms with Crippen molar-refractivity contribution in [1.29, 1.82) is 0 Å². The molecule has 1 aromatic rings. The van der Waals surface area contributed by atoms with E-state index in [2.05, 4.69) is 50.5 Å². The summed E-state index contributed by atoms with van der Waals surface area (Å²) in [5.74, 6) is 0.295. The minimum Gasteiger partial charge on any atom is -0.326 e. The maximum atomic E-state index is 12.4. The standard InChI is InChI=1S/C18H28N2OS/c1-5-14(4)22-16-6-7-17(12(2)10-16)20-18(21)15-8-9-19-13(3)11-15/h6-7,10,13-15,19H,5,8-9,11H2,1-4H3,(H,20,21)/t13-,14?,15-/m0/s1. The number of piperidine rings is 1. The number of thioether (sulfide) groups is 1. The molecule has 22 heavy (non-hydrogen) atoms. The Morgan fingerprint density at radius 1 is 1.50 bits per heavy atom. The molecule has 2 N–H and O–H groups in total. The molecule has 1 aliphatic rings. The Kier molecular flexibility index (Phi) is 6.33. The summed E-state index contributed by atoms with van der Waals surface area (Å²) < 4.78 is 0. The van der Waals surface area contributed by atoms with E-state index in [9.17, 15) is 4.79 Å². The first kappa shape index (κ1) is 17.4. The zero-order valence-electron chi connectivity index (χ0n) is 14.1. The number of nitrogens with one attached hydrogen (secondary N) is 2. The van der Waals surface area contributed by atoms with Crippen LogP contribution >= 0.6 is 11.8 Å². The van der Waals surface area contributed by atoms with Gasteiger partial charge in [-0.3, -0.25) is 4.79 Å². The normalized spacial score (nSPS) is 23.1. The van der Waals surface area contributed by atoms with E-state index in [1.807, 2.05) is 17.8 Å². The number of carbonyl (C=O) groups excluding carboxylic acids is 1. The molecule has 0 aliphatic carbocycles. The molecule has 0 saturated carbocycles. The van der Waals surface area contributed by atoms with E-state index in [0.29, 0.717) is 11.3 Å². The molecule has 0 radical (unpaired) electrons. The van der Waals surface area contributed by atoms with E-state index in [1.54, 1.807) is 0 Å². The first-order valence-electron chi connectivity index (χ1n) is 8.31. The van der Waals surface area contributed by atoms with Gasteiger partial charge in [0.05, 0.1) is 0 Å². The lowest BCUT2D eigenvalue weighted by Gasteiger charge is -2.27. The Morgan fingerprint density at radius 2 is 2.27 bits per heavy atom. The fraction of sp³-hybridized carbons (Fsp3) is 0.611. The quantitative estimate of drug-likeness (QED) is 0.798. The van der Waals surface area contributed by atoms with Gasteiger partial charge in [-0.05, 0) is 63.4 Å². The molecule has 4 heteroatoms. The molecule has 0 bridgehead atoms. The first-order valence-corrected chi connectivity index (χ1v) is 9.19. The van der Waals surface area contributed by atoms with Gasteiger partial charge >= 0.3 is 0 Å². The minimum atomic E-state index is 0.129. The molecule has 1 aromatic carbocycles. The fourth-order valence-corrected chi connectivity index (χ4v) is 3.79. The zero-order chi connectivity index (χ0) is 16.1. The van der Waals surface area contributed by atoms with Crippen LogP contribution in [-0.2, 0) is 4.79 Å². The van der Waals surface area contributed by atoms with Crippen LogP contribution in [0, 0.1) is 12.8 Å². The largest absolute Gasteiger partial charge is 0.326 e. The van der Waals surface area contributed by atoms with Crippen LogP contribution < -0.4 is 10.6 Å². The van der Waals surface area contributed by atoms with Gasteiger partial charge in [-0.15, -0.1) is 11.8 Å². The fourth-order valence-electron chi connectivity index (χ4n) is 2.77. The predicted octanol–water partition coefficient (Wildman–Crippen LogP) is 4.21. The first-order chi connectivity index (χ1) is 10.5. The highest BCUT2D eigenvalue weighted by atomic mass is 32.2. The highest BCUT2D eigenvalue weighted by Gasteiger charge is 2.24. The molecule has 1 unspecified atom stereocenters. The van der Waals surface area contributed by atoms with E-state index in [4.69, 9.17) is 0 Å². The molecule has 1 saturated heterocycles. The van der Waals surface area contributed by atoms with Crippen LogP contribution in [0.1, 0.15) is 45.6 Å². The second-order valence-electron chi connectivity index (χ2n) is 6.38. The van der Waals surface area contributed by atoms with Gasteiger partial charge < -0.3 is 10.6 Å². The van der Waals surface area contributed by atoms with E-state index < -0.39 is 0 Å². The number of benzene rings is 1. The Balaban J connectivity index is 1.99. The van der Waals surface area contributed by atoms with Gasteiger partial charge in [0.2, 0.25) is 5.91 Å². The lowest BCUT2D eigenvalue weighted by molar-refractivity contribution is -0.120. The molecule has 0 spiro atoms. The van der Waals surface area contributed by atoms with Crippen LogP contribution in [0.4, 0.5) is 5.69 Å². The highest BCUT2D eigenvalue weighted by molar-refractivity contribution is 7.99. The lowest BCUT2D eigenvalue weighted by Crippen LogP contribution is -2.40. The third-order valence-electron chi connectivity index (χ3n) is 4.36. The van der Waals surface area contributed by atoms with E-state index in [-0.39, 0.29) is 11.8 Å². The molecule has 1 amide bonds. The molecule has 122 valence electrons. The molecule has 3 atom stereocenters. The van der Waals surface area contributed by atoms with Crippen LogP contribution in [0.2, 0.25) is 0 Å². The van der Waals surface area contributed by atoms with Crippen molar-refractivity contribution in [2.24, 2.45) is 5.92 Å². The molecule has 1 fully saturated rings. The summed E-state index contributed by atoms with van der Waals surface area (Å²) >= 11 is 1.89. The van der Waals surface area contributed by atoms with Gasteiger partial charge in [0.1, 0.15) is 0 Å². The van der Waals surface area contributed by atoms with Crippen molar-refractivity contribution in [2.45, 2.75) is 63.1 Å². The summed E-state index contributed by atoms with van der Waals surface area (Å²) in [6, 6.07) is 6.77. The second kappa shape index (κ2) is 8.02. The van der Waals surface area contributed by atoms with Crippen molar-refractivity contribution >= 4 is 23.4 Å². The Labute approximate surface area is 138 Å². The molecular formula is C18H28N2OS. The lowest BCUT2D eigenvalue weighted by atomic mass is 9.92. The van der Waals surface area contributed by atoms with Gasteiger partial charge in [0.25, 0.3) is 0 Å². The summed E-state index contributed by atoms with van der Waals surface area (Å²) in [4.78, 5) is 13.7. The number of amides is 1. The van der Waals surface area contributed by atoms with E-state index in [1.165, 1.54) is 4.90 Å². The molecular weight excluding hydrogens is 292 g/mol. The highest BCUT2D eigenvalue weighted by Crippen LogP contribution is 2.29. The number of carbonyl (C=O) groups is 1. The van der Waals surface area contributed by atoms with Crippen molar-refractivity contribution in [3.63, 3.8) is 0 Å². The summed E-state index contributed by atoms with van der Waals surface area (Å²) in [6.45, 7) is 9.60. The Morgan fingerprint density at radius 3 is 2.91 bits per heavy atom. The Hall–Kier alpha value is -1.00. The van der Waals surface area contributed by atoms with Crippen LogP contribution in [-0.4, -0.2) is 23.7 Å². The smallest absolute Gasteiger partial charge is 0.227 e. The second-order valence-corrected chi connectivity index (χ2v) is 7.89. The predicted molar refractivity (Wildman–Crippen MR) is 95.6 cm³/mol. The average Bonchev–Trinajstić information content (AvgIpc) is 2.49. The Bertz CT molecular complexity index is 518. The number of hydrogen-bond acceptors (Lipinski definition) is 3. The summed E-state index contributed by atoms with van der Waals surface area (Å²) in [5.41, 5.74) is 2.09. The number of rotatable bonds is 5. The van der Waals surface area contributed by atoms with Gasteiger partial charge in [0, 0.05) is 27.8 Å². The van der Waals surface area contributed by atoms with Crippen molar-refractivity contribution < 1.29 is 4.79 Å². The van der Waals surface area contributed by atoms with E-state index in [0.717, 1.165) is 37.1 Å².